The molecule has 7 heteroatoms. The lowest BCUT2D eigenvalue weighted by molar-refractivity contribution is 0.125. The van der Waals surface area contributed by atoms with Gasteiger partial charge < -0.3 is 15.0 Å². The van der Waals surface area contributed by atoms with Crippen molar-refractivity contribution >= 4 is 29.9 Å². The van der Waals surface area contributed by atoms with Crippen molar-refractivity contribution in [2.45, 2.75) is 19.4 Å². The molecule has 0 amide bonds. The van der Waals surface area contributed by atoms with Crippen LogP contribution in [0.2, 0.25) is 0 Å². The van der Waals surface area contributed by atoms with Crippen molar-refractivity contribution in [1.82, 2.24) is 20.0 Å². The Labute approximate surface area is 179 Å². The molecule has 6 nitrogen and oxygen atoms in total. The van der Waals surface area contributed by atoms with Crippen LogP contribution in [-0.2, 0) is 24.8 Å². The normalized spacial score (nSPS) is 17.0. The number of aromatic nitrogens is 2. The van der Waals surface area contributed by atoms with Gasteiger partial charge in [0.05, 0.1) is 19.4 Å². The lowest BCUT2D eigenvalue weighted by Gasteiger charge is -2.21. The van der Waals surface area contributed by atoms with Crippen LogP contribution in [0.15, 0.2) is 47.7 Å². The molecule has 27 heavy (non-hydrogen) atoms. The topological polar surface area (TPSA) is 54.7 Å². The third-order valence-corrected chi connectivity index (χ3v) is 4.72. The number of rotatable bonds is 7. The summed E-state index contributed by atoms with van der Waals surface area (Å²) >= 11 is 0. The van der Waals surface area contributed by atoms with Crippen molar-refractivity contribution in [3.8, 4) is 0 Å². The van der Waals surface area contributed by atoms with Gasteiger partial charge in [-0.25, -0.2) is 0 Å². The van der Waals surface area contributed by atoms with Crippen LogP contribution in [-0.4, -0.2) is 53.9 Å². The molecule has 1 fully saturated rings. The van der Waals surface area contributed by atoms with E-state index in [-0.39, 0.29) is 24.0 Å². The molecule has 3 rings (SSSR count). The second-order valence-electron chi connectivity index (χ2n) is 6.84. The Morgan fingerprint density at radius 3 is 2.81 bits per heavy atom. The van der Waals surface area contributed by atoms with Crippen LogP contribution in [0.1, 0.15) is 17.5 Å². The van der Waals surface area contributed by atoms with Crippen LogP contribution in [0.25, 0.3) is 0 Å². The SMILES string of the molecule is CN=C(NCCOCc1ccccc1)N1CCC(Cc2cnn(C)c2)C1.I. The predicted molar refractivity (Wildman–Crippen MR) is 119 cm³/mol. The fourth-order valence-electron chi connectivity index (χ4n) is 3.43. The van der Waals surface area contributed by atoms with E-state index in [1.165, 1.54) is 17.5 Å². The van der Waals surface area contributed by atoms with E-state index in [1.807, 2.05) is 43.2 Å². The Balaban J connectivity index is 0.00000261. The number of halogens is 1. The summed E-state index contributed by atoms with van der Waals surface area (Å²) in [6, 6.07) is 10.3. The summed E-state index contributed by atoms with van der Waals surface area (Å²) in [5, 5.41) is 7.68. The van der Waals surface area contributed by atoms with Gasteiger partial charge in [-0.1, -0.05) is 30.3 Å². The number of nitrogens with one attached hydrogen (secondary N) is 1. The Morgan fingerprint density at radius 2 is 2.11 bits per heavy atom. The summed E-state index contributed by atoms with van der Waals surface area (Å²) in [7, 11) is 3.82. The summed E-state index contributed by atoms with van der Waals surface area (Å²) in [5.41, 5.74) is 2.52. The van der Waals surface area contributed by atoms with E-state index < -0.39 is 0 Å². The average Bonchev–Trinajstić information content (AvgIpc) is 3.28. The van der Waals surface area contributed by atoms with Gasteiger partial charge in [0, 0.05) is 39.9 Å². The van der Waals surface area contributed by atoms with E-state index in [1.54, 1.807) is 0 Å². The van der Waals surface area contributed by atoms with Gasteiger partial charge >= 0.3 is 0 Å². The van der Waals surface area contributed by atoms with Crippen molar-refractivity contribution in [2.24, 2.45) is 18.0 Å². The number of aryl methyl sites for hydroxylation is 1. The van der Waals surface area contributed by atoms with Gasteiger partial charge in [0.1, 0.15) is 0 Å². The van der Waals surface area contributed by atoms with Crippen molar-refractivity contribution < 1.29 is 4.74 Å². The molecular formula is C20H30IN5O. The highest BCUT2D eigenvalue weighted by Gasteiger charge is 2.25. The number of aliphatic imine (C=N–C) groups is 1. The predicted octanol–water partition coefficient (Wildman–Crippen LogP) is 2.69. The van der Waals surface area contributed by atoms with Crippen molar-refractivity contribution in [3.63, 3.8) is 0 Å². The fraction of sp³-hybridized carbons (Fsp3) is 0.500. The Kier molecular flexibility index (Phi) is 9.06. The van der Waals surface area contributed by atoms with E-state index >= 15 is 0 Å². The van der Waals surface area contributed by atoms with Crippen LogP contribution in [0, 0.1) is 5.92 Å². The fourth-order valence-corrected chi connectivity index (χ4v) is 3.43. The highest BCUT2D eigenvalue weighted by molar-refractivity contribution is 14.0. The van der Waals surface area contributed by atoms with Crippen molar-refractivity contribution in [2.75, 3.05) is 33.3 Å². The van der Waals surface area contributed by atoms with E-state index in [2.05, 4.69) is 38.6 Å². The minimum Gasteiger partial charge on any atom is -0.375 e. The largest absolute Gasteiger partial charge is 0.375 e. The molecule has 0 radical (unpaired) electrons. The lowest BCUT2D eigenvalue weighted by atomic mass is 10.0. The lowest BCUT2D eigenvalue weighted by Crippen LogP contribution is -2.41. The summed E-state index contributed by atoms with van der Waals surface area (Å²) in [5.74, 6) is 1.63. The number of likely N-dealkylation sites (tertiary alicyclic amines) is 1. The second kappa shape index (κ2) is 11.3. The molecular weight excluding hydrogens is 453 g/mol. The van der Waals surface area contributed by atoms with Gasteiger partial charge in [0.25, 0.3) is 0 Å². The Hall–Kier alpha value is -1.61. The average molecular weight is 483 g/mol. The molecule has 1 N–H and O–H groups in total. The standard InChI is InChI=1S/C20H29N5O.HI/c1-21-20(22-9-11-26-16-17-6-4-3-5-7-17)25-10-8-18(15-25)12-19-13-23-24(2)14-19;/h3-7,13-14,18H,8-12,15-16H2,1-2H3,(H,21,22);1H. The van der Waals surface area contributed by atoms with Gasteiger partial charge in [-0.15, -0.1) is 24.0 Å². The molecule has 1 saturated heterocycles. The molecule has 1 aromatic heterocycles. The van der Waals surface area contributed by atoms with Crippen molar-refractivity contribution in [3.05, 3.63) is 53.9 Å². The molecule has 0 aliphatic carbocycles. The van der Waals surface area contributed by atoms with Crippen LogP contribution in [0.4, 0.5) is 0 Å². The number of nitrogens with zero attached hydrogens (tertiary/aromatic N) is 4. The summed E-state index contributed by atoms with van der Waals surface area (Å²) in [6.07, 6.45) is 6.36. The first-order valence-corrected chi connectivity index (χ1v) is 9.29. The van der Waals surface area contributed by atoms with E-state index in [0.29, 0.717) is 19.1 Å². The van der Waals surface area contributed by atoms with E-state index in [4.69, 9.17) is 4.74 Å². The first-order valence-electron chi connectivity index (χ1n) is 9.29. The first-order chi connectivity index (χ1) is 12.7. The number of hydrogen-bond donors (Lipinski definition) is 1. The van der Waals surface area contributed by atoms with Gasteiger partial charge in [-0.2, -0.15) is 5.10 Å². The molecule has 2 aromatic rings. The zero-order chi connectivity index (χ0) is 18.2. The number of ether oxygens (including phenoxy) is 1. The molecule has 0 saturated carbocycles. The second-order valence-corrected chi connectivity index (χ2v) is 6.84. The molecule has 2 heterocycles. The maximum atomic E-state index is 5.73. The maximum absolute atomic E-state index is 5.73. The minimum atomic E-state index is 0. The highest BCUT2D eigenvalue weighted by atomic mass is 127. The Bertz CT molecular complexity index is 703. The van der Waals surface area contributed by atoms with Crippen LogP contribution in [0.5, 0.6) is 0 Å². The molecule has 1 atom stereocenters. The highest BCUT2D eigenvalue weighted by Crippen LogP contribution is 2.20. The molecule has 1 aromatic carbocycles. The van der Waals surface area contributed by atoms with Crippen LogP contribution >= 0.6 is 24.0 Å². The zero-order valence-corrected chi connectivity index (χ0v) is 18.5. The number of hydrogen-bond acceptors (Lipinski definition) is 3. The molecule has 1 aliphatic rings. The molecule has 1 unspecified atom stereocenters. The summed E-state index contributed by atoms with van der Waals surface area (Å²) in [6.45, 7) is 4.18. The van der Waals surface area contributed by atoms with Crippen molar-refractivity contribution in [1.29, 1.82) is 0 Å². The van der Waals surface area contributed by atoms with Gasteiger partial charge in [-0.3, -0.25) is 9.67 Å². The summed E-state index contributed by atoms with van der Waals surface area (Å²) in [4.78, 5) is 6.78. The number of benzene rings is 1. The first kappa shape index (κ1) is 21.7. The van der Waals surface area contributed by atoms with E-state index in [0.717, 1.165) is 32.0 Å². The van der Waals surface area contributed by atoms with Gasteiger partial charge in [0.15, 0.2) is 5.96 Å². The quantitative estimate of drug-likeness (QED) is 0.285. The monoisotopic (exact) mass is 483 g/mol. The van der Waals surface area contributed by atoms with Crippen LogP contribution < -0.4 is 5.32 Å². The van der Waals surface area contributed by atoms with Gasteiger partial charge in [-0.05, 0) is 29.9 Å². The smallest absolute Gasteiger partial charge is 0.193 e. The molecule has 148 valence electrons. The molecule has 0 spiro atoms. The Morgan fingerprint density at radius 1 is 1.30 bits per heavy atom. The maximum Gasteiger partial charge on any atom is 0.193 e. The molecule has 0 bridgehead atoms. The summed E-state index contributed by atoms with van der Waals surface area (Å²) < 4.78 is 7.61. The van der Waals surface area contributed by atoms with Crippen LogP contribution in [0.3, 0.4) is 0 Å². The third kappa shape index (κ3) is 6.80. The van der Waals surface area contributed by atoms with E-state index in [9.17, 15) is 0 Å². The molecule has 1 aliphatic heterocycles. The van der Waals surface area contributed by atoms with Gasteiger partial charge in [0.2, 0.25) is 0 Å². The minimum absolute atomic E-state index is 0. The zero-order valence-electron chi connectivity index (χ0n) is 16.2. The third-order valence-electron chi connectivity index (χ3n) is 4.72. The number of guanidine groups is 1.